The summed E-state index contributed by atoms with van der Waals surface area (Å²) in [5.41, 5.74) is 3.60. The van der Waals surface area contributed by atoms with Gasteiger partial charge in [-0.05, 0) is 33.6 Å². The van der Waals surface area contributed by atoms with Crippen molar-refractivity contribution in [2.24, 2.45) is 5.10 Å². The molecule has 0 N–H and O–H groups in total. The van der Waals surface area contributed by atoms with Gasteiger partial charge in [0.15, 0.2) is 6.10 Å². The van der Waals surface area contributed by atoms with Crippen molar-refractivity contribution < 1.29 is 9.53 Å². The largest absolute Gasteiger partial charge is 0.451 e. The summed E-state index contributed by atoms with van der Waals surface area (Å²) in [5.74, 6) is -0.338. The quantitative estimate of drug-likeness (QED) is 0.756. The molecule has 23 heavy (non-hydrogen) atoms. The van der Waals surface area contributed by atoms with Crippen LogP contribution in [0.15, 0.2) is 75.9 Å². The standard InChI is InChI=1S/C18H13BrN2O2/c19-16-17-15(23-18(16)22)11-14(12-7-3-1-4-8-12)20-21(17)13-9-5-2-6-10-13/h1-10,15H,11H2/t15-/m0/s1. The molecule has 2 aliphatic heterocycles. The predicted molar refractivity (Wildman–Crippen MR) is 92.4 cm³/mol. The molecular weight excluding hydrogens is 356 g/mol. The van der Waals surface area contributed by atoms with Gasteiger partial charge in [-0.2, -0.15) is 5.10 Å². The summed E-state index contributed by atoms with van der Waals surface area (Å²) in [4.78, 5) is 12.0. The number of hydrogen-bond acceptors (Lipinski definition) is 4. The molecule has 2 aliphatic rings. The Bertz CT molecular complexity index is 815. The Hall–Kier alpha value is -2.40. The maximum Gasteiger partial charge on any atom is 0.347 e. The molecule has 0 amide bonds. The van der Waals surface area contributed by atoms with Gasteiger partial charge in [-0.15, -0.1) is 0 Å². The Morgan fingerprint density at radius 1 is 1.04 bits per heavy atom. The summed E-state index contributed by atoms with van der Waals surface area (Å²) in [6.07, 6.45) is 0.258. The van der Waals surface area contributed by atoms with Gasteiger partial charge in [0.1, 0.15) is 10.2 Å². The molecule has 5 heteroatoms. The maximum atomic E-state index is 12.0. The first kappa shape index (κ1) is 14.2. The van der Waals surface area contributed by atoms with E-state index in [2.05, 4.69) is 15.9 Å². The molecule has 1 atom stereocenters. The highest BCUT2D eigenvalue weighted by molar-refractivity contribution is 9.12. The molecule has 0 fully saturated rings. The zero-order valence-corrected chi connectivity index (χ0v) is 13.7. The van der Waals surface area contributed by atoms with Crippen LogP contribution in [0.25, 0.3) is 0 Å². The number of benzene rings is 2. The van der Waals surface area contributed by atoms with Crippen molar-refractivity contribution in [1.82, 2.24) is 0 Å². The highest BCUT2D eigenvalue weighted by Crippen LogP contribution is 2.38. The zero-order chi connectivity index (χ0) is 15.8. The number of carbonyl (C=O) groups excluding carboxylic acids is 1. The third kappa shape index (κ3) is 2.47. The van der Waals surface area contributed by atoms with Crippen molar-refractivity contribution >= 4 is 33.3 Å². The summed E-state index contributed by atoms with van der Waals surface area (Å²) in [7, 11) is 0. The van der Waals surface area contributed by atoms with Crippen LogP contribution >= 0.6 is 15.9 Å². The lowest BCUT2D eigenvalue weighted by Gasteiger charge is -2.30. The molecular formula is C18H13BrN2O2. The second-order valence-corrected chi connectivity index (χ2v) is 6.15. The summed E-state index contributed by atoms with van der Waals surface area (Å²) in [6.45, 7) is 0. The smallest absolute Gasteiger partial charge is 0.347 e. The van der Waals surface area contributed by atoms with E-state index in [4.69, 9.17) is 9.84 Å². The number of ether oxygens (including phenoxy) is 1. The number of hydrogen-bond donors (Lipinski definition) is 0. The minimum atomic E-state index is -0.338. The van der Waals surface area contributed by atoms with Gasteiger partial charge in [0.05, 0.1) is 11.4 Å². The average molecular weight is 369 g/mol. The number of nitrogens with zero attached hydrogens (tertiary/aromatic N) is 2. The Morgan fingerprint density at radius 3 is 2.39 bits per heavy atom. The van der Waals surface area contributed by atoms with E-state index in [1.54, 1.807) is 5.01 Å². The van der Waals surface area contributed by atoms with E-state index in [1.165, 1.54) is 0 Å². The fourth-order valence-electron chi connectivity index (χ4n) is 2.81. The number of fused-ring (bicyclic) bond motifs is 1. The zero-order valence-electron chi connectivity index (χ0n) is 12.1. The van der Waals surface area contributed by atoms with Crippen molar-refractivity contribution in [2.45, 2.75) is 12.5 Å². The number of para-hydroxylation sites is 1. The third-order valence-corrected chi connectivity index (χ3v) is 4.62. The second kappa shape index (κ2) is 5.66. The minimum Gasteiger partial charge on any atom is -0.451 e. The molecule has 0 radical (unpaired) electrons. The summed E-state index contributed by atoms with van der Waals surface area (Å²) < 4.78 is 5.95. The van der Waals surface area contributed by atoms with Gasteiger partial charge in [0.2, 0.25) is 0 Å². The van der Waals surface area contributed by atoms with Crippen LogP contribution in [0, 0.1) is 0 Å². The lowest BCUT2D eigenvalue weighted by Crippen LogP contribution is -2.33. The average Bonchev–Trinajstić information content (AvgIpc) is 2.90. The molecule has 2 aromatic rings. The van der Waals surface area contributed by atoms with Crippen molar-refractivity contribution in [3.05, 3.63) is 76.4 Å². The Labute approximate surface area is 142 Å². The number of esters is 1. The van der Waals surface area contributed by atoms with Crippen LogP contribution in [0.1, 0.15) is 12.0 Å². The van der Waals surface area contributed by atoms with E-state index >= 15 is 0 Å². The Kier molecular flexibility index (Phi) is 3.50. The summed E-state index contributed by atoms with van der Waals surface area (Å²) >= 11 is 3.35. The van der Waals surface area contributed by atoms with Gasteiger partial charge in [0, 0.05) is 6.42 Å². The fourth-order valence-corrected chi connectivity index (χ4v) is 3.33. The third-order valence-electron chi connectivity index (χ3n) is 3.89. The fraction of sp³-hybridized carbons (Fsp3) is 0.111. The summed E-state index contributed by atoms with van der Waals surface area (Å²) in [5, 5.41) is 6.58. The molecule has 114 valence electrons. The number of carbonyl (C=O) groups is 1. The Morgan fingerprint density at radius 2 is 1.70 bits per heavy atom. The first-order valence-corrected chi connectivity index (χ1v) is 8.12. The number of anilines is 1. The molecule has 4 rings (SSSR count). The normalized spacial score (nSPS) is 20.2. The molecule has 2 aromatic carbocycles. The predicted octanol–water partition coefficient (Wildman–Crippen LogP) is 3.83. The van der Waals surface area contributed by atoms with Crippen molar-refractivity contribution in [2.75, 3.05) is 5.01 Å². The van der Waals surface area contributed by atoms with Crippen LogP contribution in [-0.4, -0.2) is 17.8 Å². The molecule has 0 aromatic heterocycles. The van der Waals surface area contributed by atoms with E-state index in [-0.39, 0.29) is 12.1 Å². The highest BCUT2D eigenvalue weighted by Gasteiger charge is 2.40. The first-order chi connectivity index (χ1) is 11.2. The van der Waals surface area contributed by atoms with Crippen LogP contribution in [0.2, 0.25) is 0 Å². The van der Waals surface area contributed by atoms with E-state index in [9.17, 15) is 4.79 Å². The topological polar surface area (TPSA) is 41.9 Å². The molecule has 2 heterocycles. The second-order valence-electron chi connectivity index (χ2n) is 5.36. The van der Waals surface area contributed by atoms with Crippen molar-refractivity contribution in [3.8, 4) is 0 Å². The van der Waals surface area contributed by atoms with Gasteiger partial charge in [-0.1, -0.05) is 48.5 Å². The van der Waals surface area contributed by atoms with E-state index in [0.29, 0.717) is 10.9 Å². The van der Waals surface area contributed by atoms with Gasteiger partial charge in [-0.25, -0.2) is 9.80 Å². The highest BCUT2D eigenvalue weighted by atomic mass is 79.9. The molecule has 0 saturated heterocycles. The van der Waals surface area contributed by atoms with E-state index < -0.39 is 0 Å². The first-order valence-electron chi connectivity index (χ1n) is 7.33. The molecule has 0 saturated carbocycles. The molecule has 0 spiro atoms. The summed E-state index contributed by atoms with van der Waals surface area (Å²) in [6, 6.07) is 19.7. The van der Waals surface area contributed by atoms with Gasteiger partial charge in [-0.3, -0.25) is 0 Å². The van der Waals surface area contributed by atoms with Crippen LogP contribution < -0.4 is 5.01 Å². The molecule has 0 aliphatic carbocycles. The molecule has 4 nitrogen and oxygen atoms in total. The number of rotatable bonds is 2. The monoisotopic (exact) mass is 368 g/mol. The van der Waals surface area contributed by atoms with Crippen molar-refractivity contribution in [3.63, 3.8) is 0 Å². The minimum absolute atomic E-state index is 0.315. The van der Waals surface area contributed by atoms with Gasteiger partial charge >= 0.3 is 5.97 Å². The number of hydrazone groups is 1. The lowest BCUT2D eigenvalue weighted by molar-refractivity contribution is -0.138. The van der Waals surface area contributed by atoms with E-state index in [0.717, 1.165) is 22.7 Å². The van der Waals surface area contributed by atoms with Crippen LogP contribution in [0.3, 0.4) is 0 Å². The maximum absolute atomic E-state index is 12.0. The number of halogens is 1. The Balaban J connectivity index is 1.85. The molecule has 0 bridgehead atoms. The van der Waals surface area contributed by atoms with Crippen LogP contribution in [-0.2, 0) is 9.53 Å². The lowest BCUT2D eigenvalue weighted by atomic mass is 10.0. The van der Waals surface area contributed by atoms with Crippen molar-refractivity contribution in [1.29, 1.82) is 0 Å². The van der Waals surface area contributed by atoms with Gasteiger partial charge < -0.3 is 4.74 Å². The van der Waals surface area contributed by atoms with E-state index in [1.807, 2.05) is 60.7 Å². The van der Waals surface area contributed by atoms with Gasteiger partial charge in [0.25, 0.3) is 0 Å². The van der Waals surface area contributed by atoms with Crippen LogP contribution in [0.5, 0.6) is 0 Å². The SMILES string of the molecule is O=C1O[C@H]2CC(c3ccccc3)=NN(c3ccccc3)C2=C1Br. The molecule has 0 unspecified atom stereocenters. The van der Waals surface area contributed by atoms with Crippen LogP contribution in [0.4, 0.5) is 5.69 Å².